The first-order valence-corrected chi connectivity index (χ1v) is 7.04. The van der Waals surface area contributed by atoms with E-state index in [0.717, 1.165) is 42.3 Å². The summed E-state index contributed by atoms with van der Waals surface area (Å²) in [5, 5.41) is 7.31. The minimum Gasteiger partial charge on any atom is -0.485 e. The van der Waals surface area contributed by atoms with E-state index in [1.807, 2.05) is 19.1 Å². The molecule has 1 N–H and O–H groups in total. The Bertz CT molecular complexity index is 549. The van der Waals surface area contributed by atoms with Crippen LogP contribution in [0.5, 0.6) is 5.75 Å². The molecule has 0 aliphatic heterocycles. The van der Waals surface area contributed by atoms with E-state index in [1.165, 1.54) is 5.56 Å². The quantitative estimate of drug-likeness (QED) is 0.786. The monoisotopic (exact) mass is 274 g/mol. The highest BCUT2D eigenvalue weighted by atomic mass is 16.5. The number of rotatable bonds is 7. The molecular formula is C16H22N2O2. The SMILES string of the molecule is CCCNCc1cc(COc2cc(C)ccc2C)on1. The van der Waals surface area contributed by atoms with Gasteiger partial charge in [-0.1, -0.05) is 24.2 Å². The van der Waals surface area contributed by atoms with Gasteiger partial charge in [-0.25, -0.2) is 0 Å². The lowest BCUT2D eigenvalue weighted by Gasteiger charge is -2.07. The molecule has 0 radical (unpaired) electrons. The van der Waals surface area contributed by atoms with E-state index >= 15 is 0 Å². The Morgan fingerprint density at radius 3 is 2.90 bits per heavy atom. The van der Waals surface area contributed by atoms with Gasteiger partial charge in [0.1, 0.15) is 12.4 Å². The number of benzene rings is 1. The highest BCUT2D eigenvalue weighted by Gasteiger charge is 2.06. The molecule has 0 fully saturated rings. The van der Waals surface area contributed by atoms with E-state index < -0.39 is 0 Å². The van der Waals surface area contributed by atoms with Crippen LogP contribution >= 0.6 is 0 Å². The Morgan fingerprint density at radius 1 is 1.25 bits per heavy atom. The zero-order valence-electron chi connectivity index (χ0n) is 12.4. The molecule has 0 aliphatic carbocycles. The molecule has 0 atom stereocenters. The van der Waals surface area contributed by atoms with Gasteiger partial charge in [0.05, 0.1) is 5.69 Å². The molecule has 0 unspecified atom stereocenters. The molecular weight excluding hydrogens is 252 g/mol. The van der Waals surface area contributed by atoms with Gasteiger partial charge in [0, 0.05) is 12.6 Å². The summed E-state index contributed by atoms with van der Waals surface area (Å²) in [6.07, 6.45) is 1.11. The van der Waals surface area contributed by atoms with Gasteiger partial charge in [0.15, 0.2) is 5.76 Å². The predicted molar refractivity (Wildman–Crippen MR) is 78.7 cm³/mol. The van der Waals surface area contributed by atoms with Crippen LogP contribution < -0.4 is 10.1 Å². The van der Waals surface area contributed by atoms with Gasteiger partial charge >= 0.3 is 0 Å². The molecule has 108 valence electrons. The number of aryl methyl sites for hydroxylation is 2. The summed E-state index contributed by atoms with van der Waals surface area (Å²) in [7, 11) is 0. The first-order chi connectivity index (χ1) is 9.69. The van der Waals surface area contributed by atoms with Crippen molar-refractivity contribution in [2.24, 2.45) is 0 Å². The van der Waals surface area contributed by atoms with Crippen molar-refractivity contribution in [3.8, 4) is 5.75 Å². The molecule has 1 aromatic heterocycles. The van der Waals surface area contributed by atoms with Crippen LogP contribution in [-0.4, -0.2) is 11.7 Å². The summed E-state index contributed by atoms with van der Waals surface area (Å²) in [6.45, 7) is 8.36. The maximum atomic E-state index is 5.79. The van der Waals surface area contributed by atoms with Crippen molar-refractivity contribution < 1.29 is 9.26 Å². The lowest BCUT2D eigenvalue weighted by atomic mass is 10.1. The van der Waals surface area contributed by atoms with E-state index in [4.69, 9.17) is 9.26 Å². The highest BCUT2D eigenvalue weighted by Crippen LogP contribution is 2.20. The Kier molecular flexibility index (Phi) is 5.18. The fraction of sp³-hybridized carbons (Fsp3) is 0.438. The van der Waals surface area contributed by atoms with E-state index in [0.29, 0.717) is 6.61 Å². The highest BCUT2D eigenvalue weighted by molar-refractivity contribution is 5.36. The van der Waals surface area contributed by atoms with Crippen LogP contribution in [0, 0.1) is 13.8 Å². The summed E-state index contributed by atoms with van der Waals surface area (Å²) in [4.78, 5) is 0. The Morgan fingerprint density at radius 2 is 2.10 bits per heavy atom. The van der Waals surface area contributed by atoms with Crippen LogP contribution in [0.3, 0.4) is 0 Å². The second-order valence-corrected chi connectivity index (χ2v) is 5.02. The summed E-state index contributed by atoms with van der Waals surface area (Å²) in [5.41, 5.74) is 3.23. The van der Waals surface area contributed by atoms with Crippen molar-refractivity contribution in [3.05, 3.63) is 46.8 Å². The number of aromatic nitrogens is 1. The van der Waals surface area contributed by atoms with Crippen LogP contribution in [0.2, 0.25) is 0 Å². The largest absolute Gasteiger partial charge is 0.485 e. The van der Waals surface area contributed by atoms with Crippen molar-refractivity contribution in [2.45, 2.75) is 40.3 Å². The Balaban J connectivity index is 1.89. The van der Waals surface area contributed by atoms with E-state index in [-0.39, 0.29) is 0 Å². The average molecular weight is 274 g/mol. The van der Waals surface area contributed by atoms with Crippen LogP contribution in [0.15, 0.2) is 28.8 Å². The third-order valence-corrected chi connectivity index (χ3v) is 3.05. The van der Waals surface area contributed by atoms with Crippen LogP contribution in [-0.2, 0) is 13.2 Å². The minimum atomic E-state index is 0.408. The molecule has 20 heavy (non-hydrogen) atoms. The van der Waals surface area contributed by atoms with Crippen molar-refractivity contribution in [1.29, 1.82) is 0 Å². The predicted octanol–water partition coefficient (Wildman–Crippen LogP) is 3.37. The van der Waals surface area contributed by atoms with Crippen molar-refractivity contribution >= 4 is 0 Å². The molecule has 0 amide bonds. The fourth-order valence-electron chi connectivity index (χ4n) is 1.91. The standard InChI is InChI=1S/C16H22N2O2/c1-4-7-17-10-14-9-15(20-18-14)11-19-16-8-12(2)5-6-13(16)3/h5-6,8-9,17H,4,7,10-11H2,1-3H3. The number of hydrogen-bond acceptors (Lipinski definition) is 4. The molecule has 2 aromatic rings. The van der Waals surface area contributed by atoms with Crippen molar-refractivity contribution in [3.63, 3.8) is 0 Å². The number of nitrogens with one attached hydrogen (secondary N) is 1. The number of nitrogens with zero attached hydrogens (tertiary/aromatic N) is 1. The first kappa shape index (κ1) is 14.6. The molecule has 1 heterocycles. The zero-order valence-corrected chi connectivity index (χ0v) is 12.4. The maximum Gasteiger partial charge on any atom is 0.174 e. The van der Waals surface area contributed by atoms with Crippen LogP contribution in [0.1, 0.15) is 35.9 Å². The first-order valence-electron chi connectivity index (χ1n) is 7.04. The van der Waals surface area contributed by atoms with Gasteiger partial charge in [-0.2, -0.15) is 0 Å². The van der Waals surface area contributed by atoms with Crippen molar-refractivity contribution in [1.82, 2.24) is 10.5 Å². The summed E-state index contributed by atoms with van der Waals surface area (Å²) >= 11 is 0. The normalized spacial score (nSPS) is 10.8. The van der Waals surface area contributed by atoms with Gasteiger partial charge in [-0.3, -0.25) is 0 Å². The van der Waals surface area contributed by atoms with E-state index in [2.05, 4.69) is 36.5 Å². The molecule has 4 heteroatoms. The maximum absolute atomic E-state index is 5.79. The van der Waals surface area contributed by atoms with Gasteiger partial charge in [-0.05, 0) is 44.0 Å². The van der Waals surface area contributed by atoms with Gasteiger partial charge in [-0.15, -0.1) is 0 Å². The second-order valence-electron chi connectivity index (χ2n) is 5.02. The van der Waals surface area contributed by atoms with Gasteiger partial charge in [0.2, 0.25) is 0 Å². The summed E-state index contributed by atoms with van der Waals surface area (Å²) in [5.74, 6) is 1.64. The molecule has 1 aromatic carbocycles. The average Bonchev–Trinajstić information content (AvgIpc) is 2.88. The minimum absolute atomic E-state index is 0.408. The second kappa shape index (κ2) is 7.10. The summed E-state index contributed by atoms with van der Waals surface area (Å²) in [6, 6.07) is 8.11. The number of hydrogen-bond donors (Lipinski definition) is 1. The zero-order chi connectivity index (χ0) is 14.4. The topological polar surface area (TPSA) is 47.3 Å². The third-order valence-electron chi connectivity index (χ3n) is 3.05. The Labute approximate surface area is 120 Å². The molecule has 0 aliphatic rings. The molecule has 0 bridgehead atoms. The molecule has 2 rings (SSSR count). The molecule has 4 nitrogen and oxygen atoms in total. The molecule has 0 spiro atoms. The summed E-state index contributed by atoms with van der Waals surface area (Å²) < 4.78 is 11.1. The van der Waals surface area contributed by atoms with Gasteiger partial charge in [0.25, 0.3) is 0 Å². The van der Waals surface area contributed by atoms with E-state index in [1.54, 1.807) is 0 Å². The van der Waals surface area contributed by atoms with Crippen molar-refractivity contribution in [2.75, 3.05) is 6.54 Å². The van der Waals surface area contributed by atoms with E-state index in [9.17, 15) is 0 Å². The fourth-order valence-corrected chi connectivity index (χ4v) is 1.91. The lowest BCUT2D eigenvalue weighted by Crippen LogP contribution is -2.13. The smallest absolute Gasteiger partial charge is 0.174 e. The van der Waals surface area contributed by atoms with Gasteiger partial charge < -0.3 is 14.6 Å². The Hall–Kier alpha value is -1.81. The molecule has 0 saturated heterocycles. The van der Waals surface area contributed by atoms with Crippen LogP contribution in [0.25, 0.3) is 0 Å². The molecule has 0 saturated carbocycles. The number of ether oxygens (including phenoxy) is 1. The van der Waals surface area contributed by atoms with Crippen LogP contribution in [0.4, 0.5) is 0 Å². The lowest BCUT2D eigenvalue weighted by molar-refractivity contribution is 0.247. The third kappa shape index (κ3) is 4.10.